The number of carboxylic acid groups (broad SMARTS) is 1. The lowest BCUT2D eigenvalue weighted by Crippen LogP contribution is -2.42. The summed E-state index contributed by atoms with van der Waals surface area (Å²) >= 11 is 0. The number of hydrogen-bond acceptors (Lipinski definition) is 13. The lowest BCUT2D eigenvalue weighted by molar-refractivity contribution is -0.138. The fraction of sp³-hybridized carbons (Fsp3) is 0.655. The zero-order valence-corrected chi connectivity index (χ0v) is 27.3. The lowest BCUT2D eigenvalue weighted by atomic mass is 10.4. The molecule has 0 aromatic carbocycles. The molecule has 0 radical (unpaired) electrons. The molecular formula is C29H46N6O14. The van der Waals surface area contributed by atoms with Crippen molar-refractivity contribution < 1.29 is 67.1 Å². The fourth-order valence-electron chi connectivity index (χ4n) is 3.50. The molecule has 1 heterocycles. The predicted molar refractivity (Wildman–Crippen MR) is 166 cm³/mol. The van der Waals surface area contributed by atoms with Crippen LogP contribution < -0.4 is 26.6 Å². The molecule has 276 valence electrons. The van der Waals surface area contributed by atoms with Gasteiger partial charge in [0.15, 0.2) is 0 Å². The van der Waals surface area contributed by atoms with Crippen LogP contribution in [0.15, 0.2) is 12.2 Å². The Morgan fingerprint density at radius 2 is 0.898 bits per heavy atom. The summed E-state index contributed by atoms with van der Waals surface area (Å²) in [4.78, 5) is 92.6. The largest absolute Gasteiger partial charge is 0.480 e. The van der Waals surface area contributed by atoms with Crippen LogP contribution in [0.25, 0.3) is 0 Å². The van der Waals surface area contributed by atoms with Crippen LogP contribution >= 0.6 is 0 Å². The Morgan fingerprint density at radius 1 is 0.490 bits per heavy atom. The van der Waals surface area contributed by atoms with Crippen molar-refractivity contribution >= 4 is 47.3 Å². The molecule has 1 rings (SSSR count). The summed E-state index contributed by atoms with van der Waals surface area (Å²) in [7, 11) is 0. The highest BCUT2D eigenvalue weighted by Gasteiger charge is 2.22. The number of imide groups is 1. The Morgan fingerprint density at radius 3 is 1.47 bits per heavy atom. The van der Waals surface area contributed by atoms with Crippen LogP contribution in [-0.4, -0.2) is 163 Å². The Kier molecular flexibility index (Phi) is 23.8. The van der Waals surface area contributed by atoms with Crippen molar-refractivity contribution in [1.29, 1.82) is 0 Å². The van der Waals surface area contributed by atoms with Gasteiger partial charge in [-0.05, 0) is 0 Å². The Bertz CT molecular complexity index is 1100. The molecular weight excluding hydrogens is 656 g/mol. The second-order valence-corrected chi connectivity index (χ2v) is 9.90. The van der Waals surface area contributed by atoms with Gasteiger partial charge >= 0.3 is 5.97 Å². The molecule has 1 aliphatic heterocycles. The Labute approximate surface area is 282 Å². The van der Waals surface area contributed by atoms with E-state index in [2.05, 4.69) is 26.6 Å². The van der Waals surface area contributed by atoms with Crippen molar-refractivity contribution in [2.75, 3.05) is 105 Å². The van der Waals surface area contributed by atoms with Crippen molar-refractivity contribution in [3.8, 4) is 0 Å². The number of carboxylic acids is 1. The van der Waals surface area contributed by atoms with Crippen molar-refractivity contribution in [3.63, 3.8) is 0 Å². The van der Waals surface area contributed by atoms with Gasteiger partial charge in [0.1, 0.15) is 6.54 Å². The highest BCUT2D eigenvalue weighted by Crippen LogP contribution is 2.02. The van der Waals surface area contributed by atoms with Crippen LogP contribution in [0, 0.1) is 0 Å². The summed E-state index contributed by atoms with van der Waals surface area (Å²) in [5.41, 5.74) is 0. The first-order valence-electron chi connectivity index (χ1n) is 15.6. The number of amides is 7. The van der Waals surface area contributed by atoms with Crippen molar-refractivity contribution in [3.05, 3.63) is 12.2 Å². The van der Waals surface area contributed by atoms with Gasteiger partial charge in [-0.1, -0.05) is 0 Å². The third-order valence-corrected chi connectivity index (χ3v) is 5.99. The summed E-state index contributed by atoms with van der Waals surface area (Å²) in [6.07, 6.45) is 2.44. The molecule has 0 unspecified atom stereocenters. The molecule has 0 fully saturated rings. The van der Waals surface area contributed by atoms with Gasteiger partial charge in [0, 0.05) is 44.5 Å². The molecule has 0 bridgehead atoms. The summed E-state index contributed by atoms with van der Waals surface area (Å²) in [6.45, 7) is 1.87. The van der Waals surface area contributed by atoms with Gasteiger partial charge in [-0.3, -0.25) is 43.3 Å². The number of ether oxygens (including phenoxy) is 5. The minimum absolute atomic E-state index is 0.0181. The van der Waals surface area contributed by atoms with Crippen LogP contribution in [0.1, 0.15) is 19.3 Å². The van der Waals surface area contributed by atoms with Crippen molar-refractivity contribution in [2.45, 2.75) is 19.3 Å². The van der Waals surface area contributed by atoms with Gasteiger partial charge in [-0.2, -0.15) is 0 Å². The minimum Gasteiger partial charge on any atom is -0.480 e. The van der Waals surface area contributed by atoms with E-state index < -0.39 is 36.1 Å². The van der Waals surface area contributed by atoms with E-state index in [-0.39, 0.29) is 89.6 Å². The van der Waals surface area contributed by atoms with Gasteiger partial charge in [0.25, 0.3) is 11.8 Å². The monoisotopic (exact) mass is 702 g/mol. The van der Waals surface area contributed by atoms with E-state index in [1.165, 1.54) is 12.2 Å². The predicted octanol–water partition coefficient (Wildman–Crippen LogP) is -4.17. The molecule has 0 saturated carbocycles. The normalized spacial score (nSPS) is 12.1. The molecule has 0 spiro atoms. The Balaban J connectivity index is 1.81. The van der Waals surface area contributed by atoms with Crippen LogP contribution in [-0.2, 0) is 62.0 Å². The standard InChI is InChI=1S/C29H46N6O14/c36-22(34-21-29(43)44)3-6-30-25(39)19-33-26(40)20-32-24(38)5-10-46-13-15-48-17-18-49-16-14-47-11-7-31-23(37)4-9-45-12-8-35-27(41)1-2-28(35)42/h1-2H,3-21H2,(H,30,39)(H,31,37)(H,32,38)(H,33,40)(H,34,36)(H,43,44). The van der Waals surface area contributed by atoms with Gasteiger partial charge in [-0.15, -0.1) is 0 Å². The first-order valence-corrected chi connectivity index (χ1v) is 15.6. The second kappa shape index (κ2) is 27.5. The first-order chi connectivity index (χ1) is 23.6. The van der Waals surface area contributed by atoms with Crippen molar-refractivity contribution in [2.24, 2.45) is 0 Å². The highest BCUT2D eigenvalue weighted by molar-refractivity contribution is 6.12. The van der Waals surface area contributed by atoms with Gasteiger partial charge in [0.2, 0.25) is 29.5 Å². The molecule has 0 aliphatic carbocycles. The van der Waals surface area contributed by atoms with E-state index in [1.54, 1.807) is 0 Å². The second-order valence-electron chi connectivity index (χ2n) is 9.90. The summed E-state index contributed by atoms with van der Waals surface area (Å²) in [6, 6.07) is 0. The number of carbonyl (C=O) groups excluding carboxylic acids is 7. The molecule has 0 saturated heterocycles. The van der Waals surface area contributed by atoms with Gasteiger partial charge in [-0.25, -0.2) is 0 Å². The SMILES string of the molecule is O=C(O)CNC(=O)CCNC(=O)CNC(=O)CNC(=O)CCOCCOCCOCCOCCNC(=O)CCOCCN1C(=O)C=CC1=O. The third-order valence-electron chi connectivity index (χ3n) is 5.99. The van der Waals surface area contributed by atoms with Crippen LogP contribution in [0.5, 0.6) is 0 Å². The van der Waals surface area contributed by atoms with Gasteiger partial charge < -0.3 is 55.4 Å². The number of hydrogen-bond donors (Lipinski definition) is 6. The molecule has 1 aliphatic rings. The number of nitrogens with zero attached hydrogens (tertiary/aromatic N) is 1. The molecule has 0 aromatic heterocycles. The van der Waals surface area contributed by atoms with Gasteiger partial charge in [0.05, 0.1) is 85.7 Å². The zero-order chi connectivity index (χ0) is 36.1. The third kappa shape index (κ3) is 24.3. The minimum atomic E-state index is -1.19. The maximum Gasteiger partial charge on any atom is 0.322 e. The van der Waals surface area contributed by atoms with Crippen LogP contribution in [0.4, 0.5) is 0 Å². The van der Waals surface area contributed by atoms with E-state index in [9.17, 15) is 38.4 Å². The first kappa shape index (κ1) is 42.5. The topological polar surface area (TPSA) is 266 Å². The molecule has 7 amide bonds. The van der Waals surface area contributed by atoms with E-state index in [0.29, 0.717) is 46.2 Å². The number of rotatable bonds is 30. The number of carbonyl (C=O) groups is 8. The molecule has 20 heteroatoms. The molecule has 0 atom stereocenters. The number of aliphatic carboxylic acids is 1. The molecule has 20 nitrogen and oxygen atoms in total. The molecule has 49 heavy (non-hydrogen) atoms. The summed E-state index contributed by atoms with van der Waals surface area (Å²) in [5.74, 6) is -4.24. The Hall–Kier alpha value is -4.50. The average molecular weight is 703 g/mol. The van der Waals surface area contributed by atoms with Crippen molar-refractivity contribution in [1.82, 2.24) is 31.5 Å². The zero-order valence-electron chi connectivity index (χ0n) is 27.3. The summed E-state index contributed by atoms with van der Waals surface area (Å²) < 4.78 is 26.7. The number of nitrogens with one attached hydrogen (secondary N) is 5. The van der Waals surface area contributed by atoms with E-state index in [0.717, 1.165) is 4.90 Å². The molecule has 6 N–H and O–H groups in total. The highest BCUT2D eigenvalue weighted by atomic mass is 16.6. The van der Waals surface area contributed by atoms with E-state index in [1.807, 2.05) is 0 Å². The smallest absolute Gasteiger partial charge is 0.322 e. The fourth-order valence-corrected chi connectivity index (χ4v) is 3.50. The van der Waals surface area contributed by atoms with Crippen LogP contribution in [0.2, 0.25) is 0 Å². The quantitative estimate of drug-likeness (QED) is 0.0307. The average Bonchev–Trinajstić information content (AvgIpc) is 3.39. The van der Waals surface area contributed by atoms with E-state index >= 15 is 0 Å². The molecule has 0 aromatic rings. The van der Waals surface area contributed by atoms with E-state index in [4.69, 9.17) is 28.8 Å². The summed E-state index contributed by atoms with van der Waals surface area (Å²) in [5, 5.41) is 20.4. The lowest BCUT2D eigenvalue weighted by Gasteiger charge is -2.13. The maximum atomic E-state index is 11.8. The maximum absolute atomic E-state index is 11.8. The van der Waals surface area contributed by atoms with Crippen LogP contribution in [0.3, 0.4) is 0 Å².